The van der Waals surface area contributed by atoms with E-state index in [-0.39, 0.29) is 12.0 Å². The SMILES string of the molecule is C=C(C)C(=N)OCC1CO1. The normalized spacial score (nSPS) is 21.9. The standard InChI is InChI=1S/C7H11NO2/c1-5(2)7(8)10-4-6-3-9-6/h6,8H,1,3-4H2,2H3. The first-order valence-electron chi connectivity index (χ1n) is 3.19. The molecule has 0 aromatic heterocycles. The van der Waals surface area contributed by atoms with Gasteiger partial charge in [-0.3, -0.25) is 5.41 Å². The minimum Gasteiger partial charge on any atom is -0.475 e. The lowest BCUT2D eigenvalue weighted by Gasteiger charge is -2.03. The minimum atomic E-state index is 0.163. The predicted molar refractivity (Wildman–Crippen MR) is 38.2 cm³/mol. The van der Waals surface area contributed by atoms with Crippen molar-refractivity contribution in [2.45, 2.75) is 13.0 Å². The lowest BCUT2D eigenvalue weighted by Crippen LogP contribution is -2.08. The fourth-order valence-electron chi connectivity index (χ4n) is 0.464. The summed E-state index contributed by atoms with van der Waals surface area (Å²) < 4.78 is 9.87. The van der Waals surface area contributed by atoms with Gasteiger partial charge in [0, 0.05) is 5.57 Å². The van der Waals surface area contributed by atoms with Gasteiger partial charge in [0.05, 0.1) is 6.61 Å². The van der Waals surface area contributed by atoms with Crippen LogP contribution in [0.2, 0.25) is 0 Å². The Balaban J connectivity index is 2.11. The van der Waals surface area contributed by atoms with E-state index in [1.165, 1.54) is 0 Å². The summed E-state index contributed by atoms with van der Waals surface area (Å²) in [7, 11) is 0. The van der Waals surface area contributed by atoms with Crippen LogP contribution in [-0.4, -0.2) is 25.2 Å². The fourth-order valence-corrected chi connectivity index (χ4v) is 0.464. The number of epoxide rings is 1. The Hall–Kier alpha value is -0.830. The van der Waals surface area contributed by atoms with Crippen LogP contribution in [0, 0.1) is 5.41 Å². The van der Waals surface area contributed by atoms with Crippen molar-refractivity contribution >= 4 is 5.90 Å². The van der Waals surface area contributed by atoms with Crippen molar-refractivity contribution < 1.29 is 9.47 Å². The highest BCUT2D eigenvalue weighted by Crippen LogP contribution is 2.09. The van der Waals surface area contributed by atoms with E-state index in [4.69, 9.17) is 14.9 Å². The van der Waals surface area contributed by atoms with Gasteiger partial charge in [-0.2, -0.15) is 0 Å². The largest absolute Gasteiger partial charge is 0.475 e. The van der Waals surface area contributed by atoms with Gasteiger partial charge in [0.25, 0.3) is 0 Å². The first-order valence-corrected chi connectivity index (χ1v) is 3.19. The van der Waals surface area contributed by atoms with Gasteiger partial charge < -0.3 is 9.47 Å². The monoisotopic (exact) mass is 141 g/mol. The number of hydrogen-bond donors (Lipinski definition) is 1. The van der Waals surface area contributed by atoms with Gasteiger partial charge >= 0.3 is 0 Å². The second-order valence-electron chi connectivity index (χ2n) is 2.38. The van der Waals surface area contributed by atoms with E-state index in [1.54, 1.807) is 6.92 Å². The zero-order valence-corrected chi connectivity index (χ0v) is 6.02. The van der Waals surface area contributed by atoms with E-state index < -0.39 is 0 Å². The van der Waals surface area contributed by atoms with Gasteiger partial charge in [-0.15, -0.1) is 0 Å². The van der Waals surface area contributed by atoms with Crippen LogP contribution < -0.4 is 0 Å². The highest BCUT2D eigenvalue weighted by atomic mass is 16.6. The lowest BCUT2D eigenvalue weighted by molar-refractivity contribution is 0.251. The third kappa shape index (κ3) is 2.19. The Morgan fingerprint density at radius 2 is 2.50 bits per heavy atom. The second kappa shape index (κ2) is 2.84. The number of rotatable bonds is 3. The lowest BCUT2D eigenvalue weighted by atomic mass is 10.3. The number of hydrogen-bond acceptors (Lipinski definition) is 3. The third-order valence-electron chi connectivity index (χ3n) is 1.20. The van der Waals surface area contributed by atoms with Crippen molar-refractivity contribution in [3.05, 3.63) is 12.2 Å². The fraction of sp³-hybridized carbons (Fsp3) is 0.571. The van der Waals surface area contributed by atoms with Gasteiger partial charge in [0.15, 0.2) is 0 Å². The summed E-state index contributed by atoms with van der Waals surface area (Å²) in [5.41, 5.74) is 0.653. The average Bonchev–Trinajstić information content (AvgIpc) is 2.64. The predicted octanol–water partition coefficient (Wildman–Crippen LogP) is 0.955. The van der Waals surface area contributed by atoms with Gasteiger partial charge in [0.1, 0.15) is 12.7 Å². The van der Waals surface area contributed by atoms with Gasteiger partial charge in [-0.25, -0.2) is 0 Å². The molecule has 0 aliphatic carbocycles. The van der Waals surface area contributed by atoms with Crippen LogP contribution in [-0.2, 0) is 9.47 Å². The topological polar surface area (TPSA) is 45.6 Å². The van der Waals surface area contributed by atoms with Crippen molar-refractivity contribution in [2.24, 2.45) is 0 Å². The van der Waals surface area contributed by atoms with E-state index in [0.29, 0.717) is 12.2 Å². The molecular formula is C7H11NO2. The van der Waals surface area contributed by atoms with Crippen LogP contribution in [0.3, 0.4) is 0 Å². The Morgan fingerprint density at radius 3 is 2.90 bits per heavy atom. The van der Waals surface area contributed by atoms with Crippen LogP contribution in [0.5, 0.6) is 0 Å². The number of nitrogens with one attached hydrogen (secondary N) is 1. The zero-order chi connectivity index (χ0) is 7.56. The summed E-state index contributed by atoms with van der Waals surface area (Å²) in [5.74, 6) is 0.163. The second-order valence-corrected chi connectivity index (χ2v) is 2.38. The van der Waals surface area contributed by atoms with Crippen molar-refractivity contribution in [2.75, 3.05) is 13.2 Å². The number of ether oxygens (including phenoxy) is 2. The molecule has 0 aromatic rings. The molecular weight excluding hydrogens is 130 g/mol. The van der Waals surface area contributed by atoms with Crippen LogP contribution in [0.4, 0.5) is 0 Å². The van der Waals surface area contributed by atoms with Crippen LogP contribution in [0.25, 0.3) is 0 Å². The van der Waals surface area contributed by atoms with E-state index in [0.717, 1.165) is 6.61 Å². The minimum absolute atomic E-state index is 0.163. The molecule has 0 aromatic carbocycles. The summed E-state index contributed by atoms with van der Waals surface area (Å²) in [5, 5.41) is 7.19. The molecule has 3 heteroatoms. The summed E-state index contributed by atoms with van der Waals surface area (Å²) >= 11 is 0. The molecule has 1 aliphatic heterocycles. The van der Waals surface area contributed by atoms with Crippen LogP contribution in [0.1, 0.15) is 6.92 Å². The van der Waals surface area contributed by atoms with Crippen molar-refractivity contribution in [1.82, 2.24) is 0 Å². The summed E-state index contributed by atoms with van der Waals surface area (Å²) in [4.78, 5) is 0. The Kier molecular flexibility index (Phi) is 2.06. The molecule has 0 amide bonds. The first-order chi connectivity index (χ1) is 4.70. The smallest absolute Gasteiger partial charge is 0.208 e. The summed E-state index contributed by atoms with van der Waals surface area (Å²) in [6.07, 6.45) is 0.222. The van der Waals surface area contributed by atoms with Crippen molar-refractivity contribution in [3.8, 4) is 0 Å². The molecule has 1 atom stereocenters. The first kappa shape index (κ1) is 7.28. The van der Waals surface area contributed by atoms with Crippen LogP contribution in [0.15, 0.2) is 12.2 Å². The molecule has 10 heavy (non-hydrogen) atoms. The zero-order valence-electron chi connectivity index (χ0n) is 6.02. The average molecular weight is 141 g/mol. The molecule has 0 saturated carbocycles. The third-order valence-corrected chi connectivity index (χ3v) is 1.20. The van der Waals surface area contributed by atoms with E-state index in [1.807, 2.05) is 0 Å². The van der Waals surface area contributed by atoms with Crippen molar-refractivity contribution in [1.29, 1.82) is 5.41 Å². The Bertz CT molecular complexity index is 161. The van der Waals surface area contributed by atoms with E-state index in [9.17, 15) is 0 Å². The van der Waals surface area contributed by atoms with E-state index in [2.05, 4.69) is 6.58 Å². The highest BCUT2D eigenvalue weighted by molar-refractivity contribution is 5.89. The quantitative estimate of drug-likeness (QED) is 0.361. The molecule has 0 bridgehead atoms. The van der Waals surface area contributed by atoms with Crippen LogP contribution >= 0.6 is 0 Å². The molecule has 3 nitrogen and oxygen atoms in total. The maximum absolute atomic E-state index is 7.19. The molecule has 56 valence electrons. The summed E-state index contributed by atoms with van der Waals surface area (Å²) in [6, 6.07) is 0. The molecule has 0 spiro atoms. The summed E-state index contributed by atoms with van der Waals surface area (Å²) in [6.45, 7) is 6.57. The van der Waals surface area contributed by atoms with Gasteiger partial charge in [0.2, 0.25) is 5.90 Å². The molecule has 0 radical (unpaired) electrons. The molecule has 1 aliphatic rings. The maximum Gasteiger partial charge on any atom is 0.208 e. The molecule has 1 rings (SSSR count). The highest BCUT2D eigenvalue weighted by Gasteiger charge is 2.23. The molecule has 1 heterocycles. The van der Waals surface area contributed by atoms with Gasteiger partial charge in [-0.05, 0) is 6.92 Å². The molecule has 1 saturated heterocycles. The Labute approximate surface area is 60.1 Å². The van der Waals surface area contributed by atoms with E-state index >= 15 is 0 Å². The Morgan fingerprint density at radius 1 is 1.90 bits per heavy atom. The molecule has 1 N–H and O–H groups in total. The molecule has 1 unspecified atom stereocenters. The maximum atomic E-state index is 7.19. The van der Waals surface area contributed by atoms with Gasteiger partial charge in [-0.1, -0.05) is 6.58 Å². The molecule has 1 fully saturated rings. The van der Waals surface area contributed by atoms with Crippen molar-refractivity contribution in [3.63, 3.8) is 0 Å².